The summed E-state index contributed by atoms with van der Waals surface area (Å²) in [7, 11) is 0. The van der Waals surface area contributed by atoms with Gasteiger partial charge in [-0.15, -0.1) is 0 Å². The van der Waals surface area contributed by atoms with Crippen molar-refractivity contribution in [1.82, 2.24) is 0 Å². The lowest BCUT2D eigenvalue weighted by Gasteiger charge is -2.07. The predicted octanol–water partition coefficient (Wildman–Crippen LogP) is 3.30. The highest BCUT2D eigenvalue weighted by molar-refractivity contribution is 6.00. The van der Waals surface area contributed by atoms with Crippen molar-refractivity contribution in [2.75, 3.05) is 11.9 Å². The van der Waals surface area contributed by atoms with Gasteiger partial charge in [0.15, 0.2) is 12.4 Å². The summed E-state index contributed by atoms with van der Waals surface area (Å²) >= 11 is 0. The molecule has 0 unspecified atom stereocenters. The number of ketones is 1. The predicted molar refractivity (Wildman–Crippen MR) is 91.3 cm³/mol. The third-order valence-corrected chi connectivity index (χ3v) is 3.32. The Labute approximate surface area is 140 Å². The molecule has 0 aromatic heterocycles. The normalized spacial score (nSPS) is 10.1. The Bertz CT molecular complexity index is 758. The number of carbonyl (C=O) groups is 3. The summed E-state index contributed by atoms with van der Waals surface area (Å²) in [6.07, 6.45) is 0. The Balaban J connectivity index is 1.97. The first-order valence-corrected chi connectivity index (χ1v) is 7.51. The van der Waals surface area contributed by atoms with E-state index in [0.29, 0.717) is 16.8 Å². The number of hydrogen-bond acceptors (Lipinski definition) is 4. The van der Waals surface area contributed by atoms with E-state index in [4.69, 9.17) is 4.74 Å². The molecule has 2 aromatic rings. The smallest absolute Gasteiger partial charge is 0.338 e. The molecule has 0 saturated carbocycles. The summed E-state index contributed by atoms with van der Waals surface area (Å²) in [5.74, 6) is -1.01. The van der Waals surface area contributed by atoms with Crippen LogP contribution in [0.5, 0.6) is 0 Å². The fourth-order valence-electron chi connectivity index (χ4n) is 2.33. The summed E-state index contributed by atoms with van der Waals surface area (Å²) in [6.45, 7) is 4.87. The minimum Gasteiger partial charge on any atom is -0.454 e. The fourth-order valence-corrected chi connectivity index (χ4v) is 2.33. The molecule has 0 saturated heterocycles. The van der Waals surface area contributed by atoms with Crippen LogP contribution >= 0.6 is 0 Å². The number of anilines is 1. The highest BCUT2D eigenvalue weighted by Gasteiger charge is 2.12. The number of benzene rings is 2. The van der Waals surface area contributed by atoms with Gasteiger partial charge >= 0.3 is 5.97 Å². The monoisotopic (exact) mass is 325 g/mol. The molecule has 1 N–H and O–H groups in total. The Morgan fingerprint density at radius 2 is 1.50 bits per heavy atom. The average Bonchev–Trinajstić information content (AvgIpc) is 2.51. The largest absolute Gasteiger partial charge is 0.454 e. The molecule has 0 aliphatic heterocycles. The number of aryl methyl sites for hydroxylation is 2. The highest BCUT2D eigenvalue weighted by atomic mass is 16.5. The van der Waals surface area contributed by atoms with E-state index >= 15 is 0 Å². The lowest BCUT2D eigenvalue weighted by molar-refractivity contribution is -0.114. The van der Waals surface area contributed by atoms with Crippen molar-refractivity contribution < 1.29 is 19.1 Å². The number of ether oxygens (including phenoxy) is 1. The third-order valence-electron chi connectivity index (χ3n) is 3.32. The van der Waals surface area contributed by atoms with Gasteiger partial charge in [-0.2, -0.15) is 0 Å². The van der Waals surface area contributed by atoms with Gasteiger partial charge in [-0.25, -0.2) is 4.79 Å². The molecule has 5 heteroatoms. The molecular weight excluding hydrogens is 306 g/mol. The van der Waals surface area contributed by atoms with Crippen LogP contribution in [-0.2, 0) is 9.53 Å². The Morgan fingerprint density at radius 3 is 2.04 bits per heavy atom. The molecule has 5 nitrogen and oxygen atoms in total. The van der Waals surface area contributed by atoms with Crippen LogP contribution in [0.25, 0.3) is 0 Å². The van der Waals surface area contributed by atoms with Crippen molar-refractivity contribution in [2.24, 2.45) is 0 Å². The Hall–Kier alpha value is -2.95. The summed E-state index contributed by atoms with van der Waals surface area (Å²) in [5, 5.41) is 2.62. The second-order valence-electron chi connectivity index (χ2n) is 5.63. The van der Waals surface area contributed by atoms with Crippen molar-refractivity contribution in [2.45, 2.75) is 20.8 Å². The number of Topliss-reactive ketones (excluding diaryl/α,β-unsaturated/α-hetero) is 1. The number of carbonyl (C=O) groups excluding carboxylic acids is 3. The first-order valence-electron chi connectivity index (χ1n) is 7.51. The van der Waals surface area contributed by atoms with Crippen molar-refractivity contribution in [3.8, 4) is 0 Å². The molecule has 0 fully saturated rings. The van der Waals surface area contributed by atoms with Crippen LogP contribution < -0.4 is 5.32 Å². The number of hydrogen-bond donors (Lipinski definition) is 1. The lowest BCUT2D eigenvalue weighted by Crippen LogP contribution is -2.14. The first kappa shape index (κ1) is 17.4. The van der Waals surface area contributed by atoms with Gasteiger partial charge < -0.3 is 10.1 Å². The van der Waals surface area contributed by atoms with Gasteiger partial charge in [0.1, 0.15) is 0 Å². The molecular formula is C19H19NO4. The van der Waals surface area contributed by atoms with Crippen molar-refractivity contribution in [3.05, 3.63) is 64.7 Å². The minimum absolute atomic E-state index is 0.184. The molecule has 0 heterocycles. The molecule has 0 atom stereocenters. The van der Waals surface area contributed by atoms with E-state index in [9.17, 15) is 14.4 Å². The molecule has 2 rings (SSSR count). The van der Waals surface area contributed by atoms with Crippen LogP contribution in [0.2, 0.25) is 0 Å². The maximum Gasteiger partial charge on any atom is 0.338 e. The van der Waals surface area contributed by atoms with Crippen molar-refractivity contribution >= 4 is 23.3 Å². The quantitative estimate of drug-likeness (QED) is 0.676. The summed E-state index contributed by atoms with van der Waals surface area (Å²) < 4.78 is 5.09. The standard InChI is InChI=1S/C19H19NO4/c1-12-8-13(2)10-16(9-12)19(23)24-11-18(22)15-4-6-17(7-5-15)20-14(3)21/h4-10H,11H2,1-3H3,(H,20,21). The summed E-state index contributed by atoms with van der Waals surface area (Å²) in [6, 6.07) is 11.8. The maximum absolute atomic E-state index is 12.1. The number of nitrogens with one attached hydrogen (secondary N) is 1. The van der Waals surface area contributed by atoms with Gasteiger partial charge in [-0.05, 0) is 50.2 Å². The maximum atomic E-state index is 12.1. The molecule has 124 valence electrons. The van der Waals surface area contributed by atoms with Crippen LogP contribution in [-0.4, -0.2) is 24.3 Å². The zero-order chi connectivity index (χ0) is 17.7. The van der Waals surface area contributed by atoms with Crippen molar-refractivity contribution in [3.63, 3.8) is 0 Å². The molecule has 2 aromatic carbocycles. The molecule has 0 radical (unpaired) electrons. The topological polar surface area (TPSA) is 72.5 Å². The summed E-state index contributed by atoms with van der Waals surface area (Å²) in [4.78, 5) is 35.1. The second kappa shape index (κ2) is 7.55. The lowest BCUT2D eigenvalue weighted by atomic mass is 10.1. The van der Waals surface area contributed by atoms with Crippen LogP contribution in [0.15, 0.2) is 42.5 Å². The van der Waals surface area contributed by atoms with Crippen molar-refractivity contribution in [1.29, 1.82) is 0 Å². The SMILES string of the molecule is CC(=O)Nc1ccc(C(=O)COC(=O)c2cc(C)cc(C)c2)cc1. The molecule has 0 spiro atoms. The van der Waals surface area contributed by atoms with Gasteiger partial charge in [0.25, 0.3) is 0 Å². The van der Waals surface area contributed by atoms with Crippen LogP contribution in [0.4, 0.5) is 5.69 Å². The van der Waals surface area contributed by atoms with Crippen LogP contribution in [0.1, 0.15) is 38.8 Å². The molecule has 24 heavy (non-hydrogen) atoms. The van der Waals surface area contributed by atoms with Gasteiger partial charge in [0.05, 0.1) is 5.56 Å². The van der Waals surface area contributed by atoms with E-state index in [1.54, 1.807) is 36.4 Å². The minimum atomic E-state index is -0.523. The molecule has 0 aliphatic carbocycles. The van der Waals surface area contributed by atoms with Crippen LogP contribution in [0, 0.1) is 13.8 Å². The van der Waals surface area contributed by atoms with E-state index in [-0.39, 0.29) is 18.3 Å². The zero-order valence-electron chi connectivity index (χ0n) is 13.9. The highest BCUT2D eigenvalue weighted by Crippen LogP contribution is 2.12. The van der Waals surface area contributed by atoms with E-state index in [1.807, 2.05) is 19.9 Å². The van der Waals surface area contributed by atoms with Crippen LogP contribution in [0.3, 0.4) is 0 Å². The second-order valence-corrected chi connectivity index (χ2v) is 5.63. The number of amides is 1. The fraction of sp³-hybridized carbons (Fsp3) is 0.211. The van der Waals surface area contributed by atoms with Gasteiger partial charge in [-0.3, -0.25) is 9.59 Å². The Kier molecular flexibility index (Phi) is 5.47. The average molecular weight is 325 g/mol. The first-order chi connectivity index (χ1) is 11.3. The molecule has 0 aliphatic rings. The molecule has 0 bridgehead atoms. The zero-order valence-corrected chi connectivity index (χ0v) is 13.9. The number of esters is 1. The summed E-state index contributed by atoms with van der Waals surface area (Å²) in [5.41, 5.74) is 3.37. The van der Waals surface area contributed by atoms with Gasteiger partial charge in [-0.1, -0.05) is 17.2 Å². The third kappa shape index (κ3) is 4.78. The number of rotatable bonds is 5. The Morgan fingerprint density at radius 1 is 0.917 bits per heavy atom. The van der Waals surface area contributed by atoms with Gasteiger partial charge in [0, 0.05) is 18.2 Å². The van der Waals surface area contributed by atoms with E-state index < -0.39 is 5.97 Å². The molecule has 1 amide bonds. The van der Waals surface area contributed by atoms with E-state index in [0.717, 1.165) is 11.1 Å². The van der Waals surface area contributed by atoms with E-state index in [2.05, 4.69) is 5.32 Å². The van der Waals surface area contributed by atoms with E-state index in [1.165, 1.54) is 6.92 Å². The van der Waals surface area contributed by atoms with Gasteiger partial charge in [0.2, 0.25) is 5.91 Å².